The number of aryl methyl sites for hydroxylation is 1. The van der Waals surface area contributed by atoms with E-state index in [1.54, 1.807) is 55.1 Å². The maximum Gasteiger partial charge on any atom is 0.243 e. The molecule has 0 bridgehead atoms. The average Bonchev–Trinajstić information content (AvgIpc) is 3.33. The summed E-state index contributed by atoms with van der Waals surface area (Å²) >= 11 is 0. The van der Waals surface area contributed by atoms with Crippen LogP contribution in [0.3, 0.4) is 0 Å². The molecule has 13 heteroatoms. The van der Waals surface area contributed by atoms with E-state index in [-0.39, 0.29) is 17.9 Å². The number of pyridine rings is 1. The molecule has 0 saturated heterocycles. The smallest absolute Gasteiger partial charge is 0.243 e. The lowest BCUT2D eigenvalue weighted by atomic mass is 10.2. The van der Waals surface area contributed by atoms with Crippen LogP contribution in [-0.2, 0) is 14.8 Å². The second-order valence-corrected chi connectivity index (χ2v) is 11.0. The number of ether oxygens (including phenoxy) is 3. The molecule has 2 atom stereocenters. The van der Waals surface area contributed by atoms with Crippen LogP contribution >= 0.6 is 0 Å². The van der Waals surface area contributed by atoms with Crippen LogP contribution in [0.15, 0.2) is 55.1 Å². The van der Waals surface area contributed by atoms with Gasteiger partial charge in [0, 0.05) is 30.4 Å². The number of rotatable bonds is 11. The standard InChI is InChI=1S/C26H31N7O5S/c1-16(2)38-23(24-28-13-17(3)14-29-24)18(4)39(34,35)32-26-31-30-25(19-9-8-12-27-15-19)33(26)22-20(36-5)10-7-11-21(22)37-6/h7-16,18,23H,1-6H3,(H,31,32)/t18-,23-/m1/s1. The fraction of sp³-hybridized carbons (Fsp3) is 0.346. The molecular formula is C26H31N7O5S. The SMILES string of the molecule is COc1cccc(OC)c1-n1c(NS(=O)(=O)[C@H](C)[C@@H](OC(C)C)c2ncc(C)cn2)nnc1-c1cccnc1. The first-order chi connectivity index (χ1) is 18.7. The van der Waals surface area contributed by atoms with Crippen LogP contribution in [0.4, 0.5) is 5.95 Å². The fourth-order valence-corrected chi connectivity index (χ4v) is 4.99. The lowest BCUT2D eigenvalue weighted by molar-refractivity contribution is 0.00152. The van der Waals surface area contributed by atoms with E-state index in [1.165, 1.54) is 25.7 Å². The zero-order valence-corrected chi connectivity index (χ0v) is 23.4. The molecule has 39 heavy (non-hydrogen) atoms. The van der Waals surface area contributed by atoms with Gasteiger partial charge in [0.1, 0.15) is 28.5 Å². The Balaban J connectivity index is 1.83. The number of hydrogen-bond donors (Lipinski definition) is 1. The monoisotopic (exact) mass is 553 g/mol. The van der Waals surface area contributed by atoms with Crippen molar-refractivity contribution in [3.05, 3.63) is 66.5 Å². The molecule has 3 heterocycles. The van der Waals surface area contributed by atoms with Crippen molar-refractivity contribution in [2.45, 2.75) is 45.2 Å². The van der Waals surface area contributed by atoms with Crippen LogP contribution in [-0.4, -0.2) is 63.7 Å². The lowest BCUT2D eigenvalue weighted by Crippen LogP contribution is -2.35. The van der Waals surface area contributed by atoms with Gasteiger partial charge < -0.3 is 14.2 Å². The van der Waals surface area contributed by atoms with Crippen LogP contribution in [0.2, 0.25) is 0 Å². The van der Waals surface area contributed by atoms with Crippen molar-refractivity contribution < 1.29 is 22.6 Å². The zero-order valence-electron chi connectivity index (χ0n) is 22.6. The van der Waals surface area contributed by atoms with E-state index in [0.717, 1.165) is 5.56 Å². The van der Waals surface area contributed by atoms with Gasteiger partial charge in [0.2, 0.25) is 16.0 Å². The van der Waals surface area contributed by atoms with Crippen LogP contribution < -0.4 is 14.2 Å². The summed E-state index contributed by atoms with van der Waals surface area (Å²) in [5.41, 5.74) is 1.86. The topological polar surface area (TPSA) is 143 Å². The molecule has 3 aromatic heterocycles. The van der Waals surface area contributed by atoms with E-state index < -0.39 is 21.4 Å². The van der Waals surface area contributed by atoms with Crippen molar-refractivity contribution >= 4 is 16.0 Å². The highest BCUT2D eigenvalue weighted by atomic mass is 32.2. The van der Waals surface area contributed by atoms with Gasteiger partial charge in [-0.15, -0.1) is 10.2 Å². The zero-order chi connectivity index (χ0) is 28.2. The minimum absolute atomic E-state index is 0.0726. The number of hydrogen-bond acceptors (Lipinski definition) is 10. The molecule has 0 radical (unpaired) electrons. The maximum atomic E-state index is 13.8. The predicted octanol–water partition coefficient (Wildman–Crippen LogP) is 3.74. The van der Waals surface area contributed by atoms with Gasteiger partial charge in [-0.1, -0.05) is 6.07 Å². The van der Waals surface area contributed by atoms with Crippen LogP contribution in [0.1, 0.15) is 38.3 Å². The maximum absolute atomic E-state index is 13.8. The number of anilines is 1. The summed E-state index contributed by atoms with van der Waals surface area (Å²) in [7, 11) is -1.12. The molecule has 12 nitrogen and oxygen atoms in total. The lowest BCUT2D eigenvalue weighted by Gasteiger charge is -2.25. The summed E-state index contributed by atoms with van der Waals surface area (Å²) in [6.45, 7) is 7.02. The van der Waals surface area contributed by atoms with E-state index in [4.69, 9.17) is 14.2 Å². The first-order valence-corrected chi connectivity index (χ1v) is 13.7. The third-order valence-electron chi connectivity index (χ3n) is 5.83. The summed E-state index contributed by atoms with van der Waals surface area (Å²) in [6.07, 6.45) is 5.24. The van der Waals surface area contributed by atoms with Gasteiger partial charge >= 0.3 is 0 Å². The highest BCUT2D eigenvalue weighted by Crippen LogP contribution is 2.38. The molecule has 0 saturated carbocycles. The molecule has 0 aliphatic rings. The van der Waals surface area contributed by atoms with Crippen LogP contribution in [0.5, 0.6) is 11.5 Å². The number of para-hydroxylation sites is 1. The highest BCUT2D eigenvalue weighted by molar-refractivity contribution is 7.93. The van der Waals surface area contributed by atoms with Gasteiger partial charge in [-0.25, -0.2) is 18.4 Å². The van der Waals surface area contributed by atoms with Crippen molar-refractivity contribution in [3.8, 4) is 28.6 Å². The van der Waals surface area contributed by atoms with E-state index in [1.807, 2.05) is 20.8 Å². The molecule has 4 rings (SSSR count). The Bertz CT molecular complexity index is 1490. The number of nitrogens with one attached hydrogen (secondary N) is 1. The quantitative estimate of drug-likeness (QED) is 0.292. The Hall–Kier alpha value is -4.10. The summed E-state index contributed by atoms with van der Waals surface area (Å²) in [4.78, 5) is 12.8. The van der Waals surface area contributed by atoms with Gasteiger partial charge in [-0.05, 0) is 57.5 Å². The molecule has 0 spiro atoms. The molecule has 206 valence electrons. The number of methoxy groups -OCH3 is 2. The molecule has 0 aliphatic carbocycles. The Morgan fingerprint density at radius 1 is 0.923 bits per heavy atom. The Morgan fingerprint density at radius 3 is 2.15 bits per heavy atom. The second kappa shape index (κ2) is 11.7. The fourth-order valence-electron chi connectivity index (χ4n) is 3.90. The van der Waals surface area contributed by atoms with Gasteiger partial charge in [-0.2, -0.15) is 0 Å². The summed E-state index contributed by atoms with van der Waals surface area (Å²) < 4.78 is 48.9. The number of benzene rings is 1. The molecule has 0 amide bonds. The highest BCUT2D eigenvalue weighted by Gasteiger charge is 2.36. The van der Waals surface area contributed by atoms with Crippen molar-refractivity contribution in [2.24, 2.45) is 0 Å². The first kappa shape index (κ1) is 27.9. The third kappa shape index (κ3) is 5.99. The van der Waals surface area contributed by atoms with Crippen molar-refractivity contribution in [1.29, 1.82) is 0 Å². The van der Waals surface area contributed by atoms with Crippen LogP contribution in [0, 0.1) is 6.92 Å². The largest absolute Gasteiger partial charge is 0.494 e. The minimum Gasteiger partial charge on any atom is -0.494 e. The average molecular weight is 554 g/mol. The summed E-state index contributed by atoms with van der Waals surface area (Å²) in [5, 5.41) is 7.40. The van der Waals surface area contributed by atoms with Crippen molar-refractivity contribution in [3.63, 3.8) is 0 Å². The van der Waals surface area contributed by atoms with E-state index in [9.17, 15) is 8.42 Å². The molecule has 1 N–H and O–H groups in total. The first-order valence-electron chi connectivity index (χ1n) is 12.2. The van der Waals surface area contributed by atoms with E-state index >= 15 is 0 Å². The normalized spacial score (nSPS) is 13.2. The van der Waals surface area contributed by atoms with E-state index in [2.05, 4.69) is 29.9 Å². The Morgan fingerprint density at radius 2 is 1.59 bits per heavy atom. The molecular weight excluding hydrogens is 522 g/mol. The minimum atomic E-state index is -4.13. The van der Waals surface area contributed by atoms with Gasteiger partial charge in [0.15, 0.2) is 11.6 Å². The van der Waals surface area contributed by atoms with Gasteiger partial charge in [0.05, 0.1) is 20.3 Å². The Kier molecular flexibility index (Phi) is 8.41. The molecule has 4 aromatic rings. The van der Waals surface area contributed by atoms with Crippen molar-refractivity contribution in [2.75, 3.05) is 18.9 Å². The van der Waals surface area contributed by atoms with Gasteiger partial charge in [-0.3, -0.25) is 14.3 Å². The van der Waals surface area contributed by atoms with Crippen LogP contribution in [0.25, 0.3) is 17.1 Å². The Labute approximate surface area is 227 Å². The number of nitrogens with zero attached hydrogens (tertiary/aromatic N) is 6. The van der Waals surface area contributed by atoms with E-state index in [0.29, 0.717) is 28.6 Å². The molecule has 0 aliphatic heterocycles. The van der Waals surface area contributed by atoms with Crippen molar-refractivity contribution in [1.82, 2.24) is 29.7 Å². The molecule has 0 fully saturated rings. The second-order valence-electron chi connectivity index (χ2n) is 9.01. The third-order valence-corrected chi connectivity index (χ3v) is 7.52. The number of aromatic nitrogens is 6. The van der Waals surface area contributed by atoms with Gasteiger partial charge in [0.25, 0.3) is 0 Å². The predicted molar refractivity (Wildman–Crippen MR) is 145 cm³/mol. The number of sulfonamides is 1. The summed E-state index contributed by atoms with van der Waals surface area (Å²) in [5.74, 6) is 1.35. The molecule has 1 aromatic carbocycles. The summed E-state index contributed by atoms with van der Waals surface area (Å²) in [6, 6.07) is 8.75. The molecule has 0 unspecified atom stereocenters.